The van der Waals surface area contributed by atoms with Crippen LogP contribution in [0, 0.1) is 23.0 Å². The minimum Gasteiger partial charge on any atom is -0.326 e. The summed E-state index contributed by atoms with van der Waals surface area (Å²) >= 11 is 0. The van der Waals surface area contributed by atoms with Crippen molar-refractivity contribution < 1.29 is 9.72 Å². The van der Waals surface area contributed by atoms with Crippen LogP contribution in [0.25, 0.3) is 0 Å². The maximum absolute atomic E-state index is 12.6. The third-order valence-corrected chi connectivity index (χ3v) is 4.38. The van der Waals surface area contributed by atoms with E-state index in [9.17, 15) is 14.9 Å². The zero-order chi connectivity index (χ0) is 17.3. The fourth-order valence-corrected chi connectivity index (χ4v) is 3.05. The lowest BCUT2D eigenvalue weighted by molar-refractivity contribution is -0.385. The number of hydrogen-bond acceptors (Lipinski definition) is 5. The second kappa shape index (κ2) is 6.40. The standard InChI is InChI=1S/C16H19N5O3/c1-10-3-4-12(5-15(10)21(23)24)19-16(22)14-8-17-7-13(14)11-6-18-20(2)9-11/h3-6,9,13-14,17H,7-8H2,1-2H3,(H,19,22)/t13-,14+/m1/s1. The highest BCUT2D eigenvalue weighted by molar-refractivity contribution is 5.94. The number of carbonyl (C=O) groups excluding carboxylic acids is 1. The molecule has 2 N–H and O–H groups in total. The molecule has 8 heteroatoms. The summed E-state index contributed by atoms with van der Waals surface area (Å²) in [4.78, 5) is 23.2. The first-order chi connectivity index (χ1) is 11.5. The summed E-state index contributed by atoms with van der Waals surface area (Å²) in [5.41, 5.74) is 2.02. The number of carbonyl (C=O) groups is 1. The van der Waals surface area contributed by atoms with Crippen molar-refractivity contribution in [2.24, 2.45) is 13.0 Å². The molecule has 2 heterocycles. The van der Waals surface area contributed by atoms with E-state index in [2.05, 4.69) is 15.7 Å². The molecule has 1 fully saturated rings. The van der Waals surface area contributed by atoms with Gasteiger partial charge in [-0.3, -0.25) is 19.6 Å². The van der Waals surface area contributed by atoms with Crippen LogP contribution in [0.5, 0.6) is 0 Å². The van der Waals surface area contributed by atoms with E-state index in [-0.39, 0.29) is 23.4 Å². The van der Waals surface area contributed by atoms with E-state index in [0.717, 1.165) is 5.56 Å². The molecule has 0 bridgehead atoms. The number of aryl methyl sites for hydroxylation is 2. The lowest BCUT2D eigenvalue weighted by atomic mass is 9.90. The summed E-state index contributed by atoms with van der Waals surface area (Å²) in [7, 11) is 1.84. The number of rotatable bonds is 4. The van der Waals surface area contributed by atoms with E-state index in [1.54, 1.807) is 29.9 Å². The van der Waals surface area contributed by atoms with E-state index in [4.69, 9.17) is 0 Å². The maximum Gasteiger partial charge on any atom is 0.274 e. The second-order valence-corrected chi connectivity index (χ2v) is 6.07. The molecule has 24 heavy (non-hydrogen) atoms. The van der Waals surface area contributed by atoms with Crippen LogP contribution in [-0.4, -0.2) is 33.7 Å². The smallest absolute Gasteiger partial charge is 0.274 e. The predicted octanol–water partition coefficient (Wildman–Crippen LogP) is 1.58. The number of nitrogens with one attached hydrogen (secondary N) is 2. The number of nitro benzene ring substituents is 1. The van der Waals surface area contributed by atoms with Crippen molar-refractivity contribution in [2.45, 2.75) is 12.8 Å². The zero-order valence-electron chi connectivity index (χ0n) is 13.5. The van der Waals surface area contributed by atoms with Gasteiger partial charge in [0.2, 0.25) is 5.91 Å². The largest absolute Gasteiger partial charge is 0.326 e. The summed E-state index contributed by atoms with van der Waals surface area (Å²) in [5.74, 6) is -0.347. The molecule has 1 saturated heterocycles. The molecule has 0 saturated carbocycles. The third-order valence-electron chi connectivity index (χ3n) is 4.38. The topological polar surface area (TPSA) is 102 Å². The van der Waals surface area contributed by atoms with Gasteiger partial charge in [0.25, 0.3) is 5.69 Å². The molecule has 126 valence electrons. The van der Waals surface area contributed by atoms with Crippen LogP contribution in [0.3, 0.4) is 0 Å². The van der Waals surface area contributed by atoms with Gasteiger partial charge in [-0.25, -0.2) is 0 Å². The van der Waals surface area contributed by atoms with Crippen molar-refractivity contribution in [2.75, 3.05) is 18.4 Å². The number of benzene rings is 1. The molecule has 0 radical (unpaired) electrons. The Kier molecular flexibility index (Phi) is 4.30. The first-order valence-electron chi connectivity index (χ1n) is 7.71. The molecule has 2 atom stereocenters. The van der Waals surface area contributed by atoms with Gasteiger partial charge in [0.05, 0.1) is 17.0 Å². The van der Waals surface area contributed by atoms with Crippen LogP contribution in [0.4, 0.5) is 11.4 Å². The molecule has 1 amide bonds. The van der Waals surface area contributed by atoms with Gasteiger partial charge >= 0.3 is 0 Å². The van der Waals surface area contributed by atoms with Crippen molar-refractivity contribution in [1.82, 2.24) is 15.1 Å². The highest BCUT2D eigenvalue weighted by Crippen LogP contribution is 2.29. The van der Waals surface area contributed by atoms with Gasteiger partial charge in [0.1, 0.15) is 0 Å². The highest BCUT2D eigenvalue weighted by Gasteiger charge is 2.34. The SMILES string of the molecule is Cc1ccc(NC(=O)[C@H]2CNC[C@@H]2c2cnn(C)c2)cc1[N+](=O)[O-]. The molecule has 1 aliphatic rings. The van der Waals surface area contributed by atoms with Gasteiger partial charge in [-0.05, 0) is 18.6 Å². The van der Waals surface area contributed by atoms with Crippen molar-refractivity contribution in [3.63, 3.8) is 0 Å². The Bertz CT molecular complexity index is 786. The molecule has 2 aromatic rings. The Labute approximate surface area is 139 Å². The van der Waals surface area contributed by atoms with Gasteiger partial charge in [-0.1, -0.05) is 6.07 Å². The van der Waals surface area contributed by atoms with Crippen LogP contribution >= 0.6 is 0 Å². The van der Waals surface area contributed by atoms with Crippen LogP contribution in [-0.2, 0) is 11.8 Å². The average Bonchev–Trinajstić information content (AvgIpc) is 3.17. The molecule has 1 aromatic carbocycles. The third kappa shape index (κ3) is 3.13. The Balaban J connectivity index is 1.77. The van der Waals surface area contributed by atoms with Crippen LogP contribution in [0.15, 0.2) is 30.6 Å². The highest BCUT2D eigenvalue weighted by atomic mass is 16.6. The minimum atomic E-state index is -0.444. The zero-order valence-corrected chi connectivity index (χ0v) is 13.5. The number of aromatic nitrogens is 2. The minimum absolute atomic E-state index is 0.00107. The van der Waals surface area contributed by atoms with E-state index in [1.165, 1.54) is 6.07 Å². The van der Waals surface area contributed by atoms with Gasteiger partial charge in [0.15, 0.2) is 0 Å². The molecule has 8 nitrogen and oxygen atoms in total. The summed E-state index contributed by atoms with van der Waals surface area (Å²) in [5, 5.41) is 21.2. The molecule has 1 aliphatic heterocycles. The molecular weight excluding hydrogens is 310 g/mol. The maximum atomic E-state index is 12.6. The van der Waals surface area contributed by atoms with E-state index in [0.29, 0.717) is 24.3 Å². The Hall–Kier alpha value is -2.74. The van der Waals surface area contributed by atoms with Crippen molar-refractivity contribution in [3.05, 3.63) is 51.8 Å². The number of nitrogens with zero attached hydrogens (tertiary/aromatic N) is 3. The monoisotopic (exact) mass is 329 g/mol. The quantitative estimate of drug-likeness (QED) is 0.655. The first-order valence-corrected chi connectivity index (χ1v) is 7.71. The van der Waals surface area contributed by atoms with Crippen LogP contribution in [0.1, 0.15) is 17.0 Å². The van der Waals surface area contributed by atoms with Gasteiger partial charge in [-0.2, -0.15) is 5.10 Å². The number of anilines is 1. The molecule has 1 aromatic heterocycles. The summed E-state index contributed by atoms with van der Waals surface area (Å²) in [6, 6.07) is 4.72. The van der Waals surface area contributed by atoms with Crippen molar-refractivity contribution in [3.8, 4) is 0 Å². The summed E-state index contributed by atoms with van der Waals surface area (Å²) in [6.45, 7) is 2.94. The van der Waals surface area contributed by atoms with Crippen LogP contribution in [0.2, 0.25) is 0 Å². The molecular formula is C16H19N5O3. The number of nitro groups is 1. The molecule has 3 rings (SSSR count). The van der Waals surface area contributed by atoms with Crippen LogP contribution < -0.4 is 10.6 Å². The first kappa shape index (κ1) is 16.1. The van der Waals surface area contributed by atoms with Gasteiger partial charge < -0.3 is 10.6 Å². The number of hydrogen-bond donors (Lipinski definition) is 2. The van der Waals surface area contributed by atoms with Gasteiger partial charge in [0, 0.05) is 49.6 Å². The predicted molar refractivity (Wildman–Crippen MR) is 88.8 cm³/mol. The molecule has 0 aliphatic carbocycles. The summed E-state index contributed by atoms with van der Waals surface area (Å²) in [6.07, 6.45) is 3.68. The fraction of sp³-hybridized carbons (Fsp3) is 0.375. The lowest BCUT2D eigenvalue weighted by Gasteiger charge is -2.17. The van der Waals surface area contributed by atoms with E-state index in [1.807, 2.05) is 13.2 Å². The second-order valence-electron chi connectivity index (χ2n) is 6.07. The van der Waals surface area contributed by atoms with Crippen molar-refractivity contribution in [1.29, 1.82) is 0 Å². The average molecular weight is 329 g/mol. The van der Waals surface area contributed by atoms with E-state index >= 15 is 0 Å². The molecule has 0 unspecified atom stereocenters. The van der Waals surface area contributed by atoms with Crippen molar-refractivity contribution >= 4 is 17.3 Å². The summed E-state index contributed by atoms with van der Waals surface area (Å²) < 4.78 is 1.71. The Morgan fingerprint density at radius 1 is 1.46 bits per heavy atom. The lowest BCUT2D eigenvalue weighted by Crippen LogP contribution is -2.28. The van der Waals surface area contributed by atoms with E-state index < -0.39 is 4.92 Å². The number of amides is 1. The Morgan fingerprint density at radius 3 is 2.92 bits per heavy atom. The Morgan fingerprint density at radius 2 is 2.25 bits per heavy atom. The normalized spacial score (nSPS) is 20.1. The molecule has 0 spiro atoms. The fourth-order valence-electron chi connectivity index (χ4n) is 3.05. The van der Waals surface area contributed by atoms with Gasteiger partial charge in [-0.15, -0.1) is 0 Å².